The summed E-state index contributed by atoms with van der Waals surface area (Å²) in [6, 6.07) is 13.7. The number of hydrogen-bond acceptors (Lipinski definition) is 4. The van der Waals surface area contributed by atoms with Crippen LogP contribution in [-0.4, -0.2) is 18.0 Å². The van der Waals surface area contributed by atoms with Gasteiger partial charge in [0.25, 0.3) is 5.91 Å². The summed E-state index contributed by atoms with van der Waals surface area (Å²) in [4.78, 5) is 24.8. The number of hydrogen-bond donors (Lipinski definition) is 0. The summed E-state index contributed by atoms with van der Waals surface area (Å²) in [5, 5.41) is 10.8. The molecule has 1 atom stereocenters. The summed E-state index contributed by atoms with van der Waals surface area (Å²) in [7, 11) is 0. The van der Waals surface area contributed by atoms with Crippen molar-refractivity contribution in [2.45, 2.75) is 19.6 Å². The zero-order valence-corrected chi connectivity index (χ0v) is 12.0. The number of nitrogens with zero attached hydrogens (tertiary/aromatic N) is 1. The van der Waals surface area contributed by atoms with Gasteiger partial charge < -0.3 is 19.5 Å². The third-order valence-electron chi connectivity index (χ3n) is 3.60. The lowest BCUT2D eigenvalue weighted by molar-refractivity contribution is -0.255. The number of rotatable bonds is 3. The van der Waals surface area contributed by atoms with Crippen molar-refractivity contribution in [3.8, 4) is 5.75 Å². The van der Waals surface area contributed by atoms with Crippen molar-refractivity contribution in [2.24, 2.45) is 0 Å². The first-order chi connectivity index (χ1) is 10.6. The predicted molar refractivity (Wildman–Crippen MR) is 78.5 cm³/mol. The molecular formula is C17H14NO4-. The van der Waals surface area contributed by atoms with E-state index < -0.39 is 12.1 Å². The van der Waals surface area contributed by atoms with Crippen LogP contribution in [0.4, 0.5) is 5.69 Å². The van der Waals surface area contributed by atoms with Crippen LogP contribution in [0.1, 0.15) is 22.8 Å². The Balaban J connectivity index is 1.90. The van der Waals surface area contributed by atoms with Crippen LogP contribution in [0.15, 0.2) is 48.5 Å². The molecule has 0 fully saturated rings. The second kappa shape index (κ2) is 5.52. The van der Waals surface area contributed by atoms with Crippen molar-refractivity contribution in [1.82, 2.24) is 0 Å². The maximum Gasteiger partial charge on any atom is 0.268 e. The molecule has 0 radical (unpaired) electrons. The number of carbonyl (C=O) groups is 2. The minimum absolute atomic E-state index is 0.117. The maximum absolute atomic E-state index is 12.4. The second-order valence-corrected chi connectivity index (χ2v) is 5.14. The number of fused-ring (bicyclic) bond motifs is 1. The lowest BCUT2D eigenvalue weighted by Gasteiger charge is -2.33. The molecular weight excluding hydrogens is 282 g/mol. The van der Waals surface area contributed by atoms with Gasteiger partial charge in [0.2, 0.25) is 0 Å². The molecule has 0 unspecified atom stereocenters. The van der Waals surface area contributed by atoms with Crippen molar-refractivity contribution in [2.75, 3.05) is 4.90 Å². The molecule has 0 saturated carbocycles. The highest BCUT2D eigenvalue weighted by Gasteiger charge is 2.31. The molecule has 0 aliphatic carbocycles. The van der Waals surface area contributed by atoms with Crippen molar-refractivity contribution in [3.05, 3.63) is 59.7 Å². The lowest BCUT2D eigenvalue weighted by Crippen LogP contribution is -2.43. The van der Waals surface area contributed by atoms with Crippen LogP contribution >= 0.6 is 0 Å². The monoisotopic (exact) mass is 296 g/mol. The summed E-state index contributed by atoms with van der Waals surface area (Å²) in [5.41, 5.74) is 1.67. The smallest absolute Gasteiger partial charge is 0.268 e. The van der Waals surface area contributed by atoms with E-state index in [2.05, 4.69) is 0 Å². The average molecular weight is 296 g/mol. The lowest BCUT2D eigenvalue weighted by atomic mass is 10.1. The minimum Gasteiger partial charge on any atom is -0.545 e. The number of benzene rings is 2. The number of amides is 1. The standard InChI is InChI=1S/C17H15NO4/c1-11-16(19)18(14-4-2-3-5-15(14)22-11)10-12-6-8-13(9-7-12)17(20)21/h2-9,11H,10H2,1H3,(H,20,21)/p-1/t11-/m0/s1. The van der Waals surface area contributed by atoms with Crippen LogP contribution in [0, 0.1) is 0 Å². The summed E-state index contributed by atoms with van der Waals surface area (Å²) in [6.07, 6.45) is -0.544. The van der Waals surface area contributed by atoms with Crippen LogP contribution in [0.2, 0.25) is 0 Å². The number of ether oxygens (including phenoxy) is 1. The Morgan fingerprint density at radius 1 is 1.18 bits per heavy atom. The first kappa shape index (κ1) is 14.1. The van der Waals surface area contributed by atoms with Crippen LogP contribution in [0.5, 0.6) is 5.75 Å². The molecule has 22 heavy (non-hydrogen) atoms. The number of para-hydroxylation sites is 2. The van der Waals surface area contributed by atoms with Gasteiger partial charge in [-0.25, -0.2) is 0 Å². The molecule has 1 amide bonds. The van der Waals surface area contributed by atoms with E-state index in [1.165, 1.54) is 12.1 Å². The molecule has 112 valence electrons. The van der Waals surface area contributed by atoms with Crippen molar-refractivity contribution in [1.29, 1.82) is 0 Å². The molecule has 2 aromatic carbocycles. The Labute approximate surface area is 127 Å². The van der Waals surface area contributed by atoms with Gasteiger partial charge in [-0.2, -0.15) is 0 Å². The van der Waals surface area contributed by atoms with Gasteiger partial charge in [-0.15, -0.1) is 0 Å². The Morgan fingerprint density at radius 3 is 2.55 bits per heavy atom. The molecule has 0 aromatic heterocycles. The highest BCUT2D eigenvalue weighted by Crippen LogP contribution is 2.34. The van der Waals surface area contributed by atoms with E-state index in [0.717, 1.165) is 11.3 Å². The van der Waals surface area contributed by atoms with Gasteiger partial charge in [0.05, 0.1) is 18.2 Å². The maximum atomic E-state index is 12.4. The summed E-state index contributed by atoms with van der Waals surface area (Å²) in [5.74, 6) is -0.670. The summed E-state index contributed by atoms with van der Waals surface area (Å²) in [6.45, 7) is 2.07. The molecule has 1 aliphatic heterocycles. The van der Waals surface area contributed by atoms with Gasteiger partial charge in [0.1, 0.15) is 5.75 Å². The van der Waals surface area contributed by atoms with Gasteiger partial charge in [0.15, 0.2) is 6.10 Å². The van der Waals surface area contributed by atoms with E-state index >= 15 is 0 Å². The number of carbonyl (C=O) groups excluding carboxylic acids is 2. The topological polar surface area (TPSA) is 69.7 Å². The first-order valence-electron chi connectivity index (χ1n) is 6.93. The minimum atomic E-state index is -1.21. The Hall–Kier alpha value is -2.82. The number of carboxylic acids is 1. The van der Waals surface area contributed by atoms with Gasteiger partial charge in [-0.1, -0.05) is 36.4 Å². The van der Waals surface area contributed by atoms with Crippen molar-refractivity contribution < 1.29 is 19.4 Å². The third kappa shape index (κ3) is 2.53. The fourth-order valence-corrected chi connectivity index (χ4v) is 2.45. The SMILES string of the molecule is C[C@@H]1Oc2ccccc2N(Cc2ccc(C(=O)[O-])cc2)C1=O. The number of aromatic carboxylic acids is 1. The molecule has 0 N–H and O–H groups in total. The molecule has 0 saturated heterocycles. The Bertz CT molecular complexity index is 724. The molecule has 5 nitrogen and oxygen atoms in total. The highest BCUT2D eigenvalue weighted by molar-refractivity contribution is 5.99. The highest BCUT2D eigenvalue weighted by atomic mass is 16.5. The zero-order chi connectivity index (χ0) is 15.7. The fraction of sp³-hybridized carbons (Fsp3) is 0.176. The van der Waals surface area contributed by atoms with Crippen molar-refractivity contribution in [3.63, 3.8) is 0 Å². The van der Waals surface area contributed by atoms with E-state index in [1.807, 2.05) is 24.3 Å². The Kier molecular flexibility index (Phi) is 3.55. The quantitative estimate of drug-likeness (QED) is 0.857. The predicted octanol–water partition coefficient (Wildman–Crippen LogP) is 1.36. The van der Waals surface area contributed by atoms with Gasteiger partial charge in [-0.05, 0) is 30.2 Å². The van der Waals surface area contributed by atoms with Crippen molar-refractivity contribution >= 4 is 17.6 Å². The average Bonchev–Trinajstić information content (AvgIpc) is 2.52. The van der Waals surface area contributed by atoms with Gasteiger partial charge in [0, 0.05) is 0 Å². The van der Waals surface area contributed by atoms with Crippen LogP contribution < -0.4 is 14.7 Å². The van der Waals surface area contributed by atoms with Crippen LogP contribution in [0.25, 0.3) is 0 Å². The normalized spacial score (nSPS) is 16.9. The zero-order valence-electron chi connectivity index (χ0n) is 12.0. The Morgan fingerprint density at radius 2 is 1.86 bits per heavy atom. The van der Waals surface area contributed by atoms with Gasteiger partial charge in [-0.3, -0.25) is 4.79 Å². The fourth-order valence-electron chi connectivity index (χ4n) is 2.45. The molecule has 2 aromatic rings. The van der Waals surface area contributed by atoms with E-state index in [1.54, 1.807) is 24.0 Å². The molecule has 0 bridgehead atoms. The third-order valence-corrected chi connectivity index (χ3v) is 3.60. The number of carboxylic acid groups (broad SMARTS) is 1. The summed E-state index contributed by atoms with van der Waals surface area (Å²) < 4.78 is 5.59. The van der Waals surface area contributed by atoms with E-state index in [0.29, 0.717) is 12.3 Å². The summed E-state index contributed by atoms with van der Waals surface area (Å²) >= 11 is 0. The largest absolute Gasteiger partial charge is 0.545 e. The van der Waals surface area contributed by atoms with Crippen LogP contribution in [-0.2, 0) is 11.3 Å². The van der Waals surface area contributed by atoms with E-state index in [-0.39, 0.29) is 11.5 Å². The molecule has 5 heteroatoms. The van der Waals surface area contributed by atoms with Crippen LogP contribution in [0.3, 0.4) is 0 Å². The van der Waals surface area contributed by atoms with E-state index in [4.69, 9.17) is 4.74 Å². The first-order valence-corrected chi connectivity index (χ1v) is 6.93. The second-order valence-electron chi connectivity index (χ2n) is 5.14. The molecule has 0 spiro atoms. The molecule has 1 aliphatic rings. The molecule has 3 rings (SSSR count). The molecule has 1 heterocycles. The number of anilines is 1. The van der Waals surface area contributed by atoms with Gasteiger partial charge >= 0.3 is 0 Å². The van der Waals surface area contributed by atoms with E-state index in [9.17, 15) is 14.7 Å².